The van der Waals surface area contributed by atoms with E-state index in [1.165, 1.54) is 24.0 Å². The van der Waals surface area contributed by atoms with E-state index >= 15 is 0 Å². The minimum atomic E-state index is -0.277. The van der Waals surface area contributed by atoms with Gasteiger partial charge in [-0.05, 0) is 49.3 Å². The van der Waals surface area contributed by atoms with Crippen molar-refractivity contribution in [2.24, 2.45) is 5.73 Å². The molecule has 1 aliphatic rings. The van der Waals surface area contributed by atoms with Crippen molar-refractivity contribution in [3.8, 4) is 0 Å². The fourth-order valence-corrected chi connectivity index (χ4v) is 2.29. The summed E-state index contributed by atoms with van der Waals surface area (Å²) < 4.78 is 0. The average molecular weight is 189 g/mol. The minimum absolute atomic E-state index is 0.277. The predicted molar refractivity (Wildman–Crippen MR) is 56.3 cm³/mol. The van der Waals surface area contributed by atoms with Crippen LogP contribution in [-0.2, 0) is 12.8 Å². The quantitative estimate of drug-likeness (QED) is 0.721. The van der Waals surface area contributed by atoms with Crippen LogP contribution in [0.4, 0.5) is 0 Å². The Morgan fingerprint density at radius 3 is 2.71 bits per heavy atom. The van der Waals surface area contributed by atoms with Crippen LogP contribution in [0, 0.1) is 6.92 Å². The first-order valence-corrected chi connectivity index (χ1v) is 5.11. The molecule has 2 heteroatoms. The second-order valence-corrected chi connectivity index (χ2v) is 3.97. The lowest BCUT2D eigenvalue weighted by atomic mass is 9.86. The molecule has 1 aromatic carbocycles. The van der Waals surface area contributed by atoms with E-state index in [4.69, 9.17) is 5.73 Å². The molecule has 0 fully saturated rings. The van der Waals surface area contributed by atoms with Gasteiger partial charge in [-0.3, -0.25) is 4.79 Å². The smallest absolute Gasteiger partial charge is 0.249 e. The van der Waals surface area contributed by atoms with Gasteiger partial charge in [0.15, 0.2) is 0 Å². The van der Waals surface area contributed by atoms with Crippen molar-refractivity contribution in [1.29, 1.82) is 0 Å². The van der Waals surface area contributed by atoms with Crippen molar-refractivity contribution in [2.45, 2.75) is 32.6 Å². The molecule has 0 heterocycles. The van der Waals surface area contributed by atoms with E-state index in [2.05, 4.69) is 6.07 Å². The van der Waals surface area contributed by atoms with Gasteiger partial charge in [-0.2, -0.15) is 0 Å². The van der Waals surface area contributed by atoms with Crippen molar-refractivity contribution in [3.63, 3.8) is 0 Å². The number of benzene rings is 1. The second kappa shape index (κ2) is 3.45. The molecule has 14 heavy (non-hydrogen) atoms. The van der Waals surface area contributed by atoms with Gasteiger partial charge in [-0.15, -0.1) is 0 Å². The zero-order valence-electron chi connectivity index (χ0n) is 8.47. The Kier molecular flexibility index (Phi) is 2.28. The lowest BCUT2D eigenvalue weighted by molar-refractivity contribution is 0.0998. The van der Waals surface area contributed by atoms with Gasteiger partial charge in [0.05, 0.1) is 0 Å². The van der Waals surface area contributed by atoms with Crippen molar-refractivity contribution < 1.29 is 4.79 Å². The van der Waals surface area contributed by atoms with E-state index in [0.717, 1.165) is 24.0 Å². The highest BCUT2D eigenvalue weighted by Crippen LogP contribution is 2.26. The number of carbonyl (C=O) groups is 1. The Balaban J connectivity index is 2.60. The maximum absolute atomic E-state index is 11.3. The molecule has 0 atom stereocenters. The molecule has 1 amide bonds. The summed E-state index contributed by atoms with van der Waals surface area (Å²) in [6.45, 7) is 1.95. The fourth-order valence-electron chi connectivity index (χ4n) is 2.29. The number of hydrogen-bond donors (Lipinski definition) is 1. The number of nitrogens with two attached hydrogens (primary N) is 1. The van der Waals surface area contributed by atoms with Crippen molar-refractivity contribution in [3.05, 3.63) is 34.4 Å². The third-order valence-corrected chi connectivity index (χ3v) is 2.99. The molecule has 0 bridgehead atoms. The topological polar surface area (TPSA) is 43.1 Å². The first-order valence-electron chi connectivity index (χ1n) is 5.11. The van der Waals surface area contributed by atoms with E-state index in [1.54, 1.807) is 0 Å². The van der Waals surface area contributed by atoms with E-state index in [-0.39, 0.29) is 5.91 Å². The molecule has 0 aromatic heterocycles. The lowest BCUT2D eigenvalue weighted by Gasteiger charge is -2.19. The SMILES string of the molecule is Cc1ccc2c(c1C(N)=O)CCCC2. The van der Waals surface area contributed by atoms with Gasteiger partial charge in [0.25, 0.3) is 0 Å². The summed E-state index contributed by atoms with van der Waals surface area (Å²) in [5.41, 5.74) is 9.69. The molecule has 2 nitrogen and oxygen atoms in total. The molecule has 1 aliphatic carbocycles. The van der Waals surface area contributed by atoms with Gasteiger partial charge in [0.1, 0.15) is 0 Å². The molecule has 2 rings (SSSR count). The van der Waals surface area contributed by atoms with Gasteiger partial charge < -0.3 is 5.73 Å². The monoisotopic (exact) mass is 189 g/mol. The Morgan fingerprint density at radius 2 is 2.00 bits per heavy atom. The zero-order chi connectivity index (χ0) is 10.1. The van der Waals surface area contributed by atoms with Gasteiger partial charge >= 0.3 is 0 Å². The third-order valence-electron chi connectivity index (χ3n) is 2.99. The summed E-state index contributed by atoms with van der Waals surface area (Å²) in [5, 5.41) is 0. The summed E-state index contributed by atoms with van der Waals surface area (Å²) in [6.07, 6.45) is 4.51. The lowest BCUT2D eigenvalue weighted by Crippen LogP contribution is -2.18. The molecule has 2 N–H and O–H groups in total. The molecule has 0 aliphatic heterocycles. The Morgan fingerprint density at radius 1 is 1.29 bits per heavy atom. The number of primary amides is 1. The molecular weight excluding hydrogens is 174 g/mol. The Hall–Kier alpha value is -1.31. The summed E-state index contributed by atoms with van der Waals surface area (Å²) >= 11 is 0. The highest BCUT2D eigenvalue weighted by Gasteiger charge is 2.17. The maximum atomic E-state index is 11.3. The van der Waals surface area contributed by atoms with Crippen LogP contribution in [0.15, 0.2) is 12.1 Å². The molecule has 0 spiro atoms. The standard InChI is InChI=1S/C12H15NO/c1-8-6-7-9-4-2-3-5-10(9)11(8)12(13)14/h6-7H,2-5H2,1H3,(H2,13,14). The van der Waals surface area contributed by atoms with E-state index < -0.39 is 0 Å². The highest BCUT2D eigenvalue weighted by molar-refractivity contribution is 5.96. The number of fused-ring (bicyclic) bond motifs is 1. The normalized spacial score (nSPS) is 14.9. The van der Waals surface area contributed by atoms with Crippen molar-refractivity contribution in [1.82, 2.24) is 0 Å². The highest BCUT2D eigenvalue weighted by atomic mass is 16.1. The van der Waals surface area contributed by atoms with E-state index in [9.17, 15) is 4.79 Å². The summed E-state index contributed by atoms with van der Waals surface area (Å²) in [5.74, 6) is -0.277. The largest absolute Gasteiger partial charge is 0.366 e. The number of carbonyl (C=O) groups excluding carboxylic acids is 1. The first kappa shape index (κ1) is 9.25. The molecule has 1 aromatic rings. The van der Waals surface area contributed by atoms with Gasteiger partial charge in [-0.1, -0.05) is 12.1 Å². The van der Waals surface area contributed by atoms with Crippen LogP contribution >= 0.6 is 0 Å². The number of rotatable bonds is 1. The summed E-state index contributed by atoms with van der Waals surface area (Å²) in [7, 11) is 0. The molecule has 0 unspecified atom stereocenters. The molecule has 0 radical (unpaired) electrons. The zero-order valence-corrected chi connectivity index (χ0v) is 8.47. The third kappa shape index (κ3) is 1.41. The van der Waals surface area contributed by atoms with Crippen molar-refractivity contribution >= 4 is 5.91 Å². The summed E-state index contributed by atoms with van der Waals surface area (Å²) in [4.78, 5) is 11.3. The van der Waals surface area contributed by atoms with Gasteiger partial charge in [-0.25, -0.2) is 0 Å². The Bertz CT molecular complexity index is 382. The molecule has 0 saturated carbocycles. The maximum Gasteiger partial charge on any atom is 0.249 e. The second-order valence-electron chi connectivity index (χ2n) is 3.97. The van der Waals surface area contributed by atoms with Gasteiger partial charge in [0, 0.05) is 5.56 Å². The van der Waals surface area contributed by atoms with E-state index in [0.29, 0.717) is 0 Å². The number of hydrogen-bond acceptors (Lipinski definition) is 1. The van der Waals surface area contributed by atoms with Crippen LogP contribution in [0.2, 0.25) is 0 Å². The number of aryl methyl sites for hydroxylation is 2. The van der Waals surface area contributed by atoms with Crippen LogP contribution in [0.3, 0.4) is 0 Å². The minimum Gasteiger partial charge on any atom is -0.366 e. The molecule has 74 valence electrons. The van der Waals surface area contributed by atoms with Crippen molar-refractivity contribution in [2.75, 3.05) is 0 Å². The first-order chi connectivity index (χ1) is 6.70. The van der Waals surface area contributed by atoms with Crippen LogP contribution in [-0.4, -0.2) is 5.91 Å². The van der Waals surface area contributed by atoms with Crippen LogP contribution in [0.1, 0.15) is 39.9 Å². The fraction of sp³-hybridized carbons (Fsp3) is 0.417. The van der Waals surface area contributed by atoms with E-state index in [1.807, 2.05) is 13.0 Å². The predicted octanol–water partition coefficient (Wildman–Crippen LogP) is 1.97. The molecule has 0 saturated heterocycles. The van der Waals surface area contributed by atoms with Crippen LogP contribution in [0.25, 0.3) is 0 Å². The Labute approximate surface area is 84.1 Å². The van der Waals surface area contributed by atoms with Crippen LogP contribution < -0.4 is 5.73 Å². The summed E-state index contributed by atoms with van der Waals surface area (Å²) in [6, 6.07) is 4.14. The van der Waals surface area contributed by atoms with Crippen LogP contribution in [0.5, 0.6) is 0 Å². The number of amides is 1. The molecular formula is C12H15NO. The van der Waals surface area contributed by atoms with Gasteiger partial charge in [0.2, 0.25) is 5.91 Å². The average Bonchev–Trinajstić information content (AvgIpc) is 2.17.